The smallest absolute Gasteiger partial charge is 0.256 e. The van der Waals surface area contributed by atoms with Crippen molar-refractivity contribution in [1.82, 2.24) is 4.90 Å². The Balaban J connectivity index is 1.63. The number of nitrogens with one attached hydrogen (secondary N) is 1. The highest BCUT2D eigenvalue weighted by Gasteiger charge is 2.24. The molecule has 0 atom stereocenters. The lowest BCUT2D eigenvalue weighted by Crippen LogP contribution is -2.33. The van der Waals surface area contributed by atoms with Crippen LogP contribution in [0.25, 0.3) is 0 Å². The van der Waals surface area contributed by atoms with Gasteiger partial charge in [-0.3, -0.25) is 4.79 Å². The molecule has 1 aliphatic rings. The Bertz CT molecular complexity index is 1170. The van der Waals surface area contributed by atoms with Gasteiger partial charge in [0.2, 0.25) is 0 Å². The number of rotatable bonds is 6. The predicted octanol–water partition coefficient (Wildman–Crippen LogP) is 7.64. The third-order valence-electron chi connectivity index (χ3n) is 6.38. The number of anilines is 1. The molecule has 0 bridgehead atoms. The van der Waals surface area contributed by atoms with Gasteiger partial charge in [-0.1, -0.05) is 84.7 Å². The standard InChI is InChI=1S/C29H32BrClN2O/c1-29(2,3)23-11-9-21(10-12-23)19-33(15-13-20-6-4-8-25(31)16-20)28(34)26-18-24(30)17-22-7-5-14-32-27(22)26/h4,6,8-12,16-18,32H,5,7,13-15,19H2,1-3H3. The van der Waals surface area contributed by atoms with Gasteiger partial charge in [-0.2, -0.15) is 0 Å². The number of aryl methyl sites for hydroxylation is 1. The molecule has 3 aromatic rings. The van der Waals surface area contributed by atoms with Crippen LogP contribution in [-0.2, 0) is 24.8 Å². The van der Waals surface area contributed by atoms with Crippen molar-refractivity contribution >= 4 is 39.1 Å². The summed E-state index contributed by atoms with van der Waals surface area (Å²) < 4.78 is 0.947. The van der Waals surface area contributed by atoms with Crippen LogP contribution < -0.4 is 5.32 Å². The van der Waals surface area contributed by atoms with Crippen molar-refractivity contribution < 1.29 is 4.79 Å². The fourth-order valence-corrected chi connectivity index (χ4v) is 5.16. The molecular formula is C29H32BrClN2O. The van der Waals surface area contributed by atoms with Gasteiger partial charge in [0.05, 0.1) is 11.3 Å². The number of carbonyl (C=O) groups is 1. The summed E-state index contributed by atoms with van der Waals surface area (Å²) >= 11 is 9.83. The van der Waals surface area contributed by atoms with Crippen LogP contribution in [-0.4, -0.2) is 23.9 Å². The summed E-state index contributed by atoms with van der Waals surface area (Å²) in [5.74, 6) is 0.0499. The molecule has 178 valence electrons. The minimum atomic E-state index is 0.0499. The summed E-state index contributed by atoms with van der Waals surface area (Å²) in [7, 11) is 0. The summed E-state index contributed by atoms with van der Waals surface area (Å²) in [6.07, 6.45) is 2.81. The first-order valence-electron chi connectivity index (χ1n) is 11.9. The normalized spacial score (nSPS) is 13.2. The molecule has 0 aliphatic carbocycles. The molecule has 3 nitrogen and oxygen atoms in total. The molecule has 1 aliphatic heterocycles. The molecule has 1 amide bonds. The minimum Gasteiger partial charge on any atom is -0.384 e. The van der Waals surface area contributed by atoms with Crippen LogP contribution in [0.1, 0.15) is 59.8 Å². The highest BCUT2D eigenvalue weighted by atomic mass is 79.9. The van der Waals surface area contributed by atoms with Gasteiger partial charge in [0.25, 0.3) is 5.91 Å². The lowest BCUT2D eigenvalue weighted by Gasteiger charge is -2.27. The van der Waals surface area contributed by atoms with E-state index in [9.17, 15) is 4.79 Å². The van der Waals surface area contributed by atoms with E-state index in [0.717, 1.165) is 57.7 Å². The molecule has 0 aromatic heterocycles. The summed E-state index contributed by atoms with van der Waals surface area (Å²) in [6, 6.07) is 20.6. The number of nitrogens with zero attached hydrogens (tertiary/aromatic N) is 1. The Morgan fingerprint density at radius 2 is 1.82 bits per heavy atom. The number of fused-ring (bicyclic) bond motifs is 1. The Kier molecular flexibility index (Phi) is 7.69. The van der Waals surface area contributed by atoms with Crippen LogP contribution in [0.4, 0.5) is 5.69 Å². The predicted molar refractivity (Wildman–Crippen MR) is 146 cm³/mol. The molecule has 5 heteroatoms. The van der Waals surface area contributed by atoms with Crippen molar-refractivity contribution in [2.75, 3.05) is 18.4 Å². The largest absolute Gasteiger partial charge is 0.384 e. The second-order valence-electron chi connectivity index (χ2n) is 10.1. The zero-order chi connectivity index (χ0) is 24.3. The molecule has 0 radical (unpaired) electrons. The van der Waals surface area contributed by atoms with E-state index in [1.165, 1.54) is 11.1 Å². The van der Waals surface area contributed by atoms with Crippen molar-refractivity contribution in [3.05, 3.63) is 98.0 Å². The number of hydrogen-bond acceptors (Lipinski definition) is 2. The summed E-state index contributed by atoms with van der Waals surface area (Å²) in [5.41, 5.74) is 6.57. The van der Waals surface area contributed by atoms with Crippen LogP contribution in [0, 0.1) is 0 Å². The van der Waals surface area contributed by atoms with Gasteiger partial charge in [0.1, 0.15) is 0 Å². The molecule has 0 fully saturated rings. The zero-order valence-corrected chi connectivity index (χ0v) is 22.5. The van der Waals surface area contributed by atoms with Gasteiger partial charge >= 0.3 is 0 Å². The summed E-state index contributed by atoms with van der Waals surface area (Å²) in [6.45, 7) is 8.71. The maximum absolute atomic E-state index is 13.9. The Morgan fingerprint density at radius 1 is 1.06 bits per heavy atom. The molecule has 1 heterocycles. The molecule has 0 unspecified atom stereocenters. The van der Waals surface area contributed by atoms with E-state index in [0.29, 0.717) is 13.1 Å². The molecule has 1 N–H and O–H groups in total. The van der Waals surface area contributed by atoms with Crippen LogP contribution in [0.2, 0.25) is 5.02 Å². The molecule has 4 rings (SSSR count). The van der Waals surface area contributed by atoms with Crippen molar-refractivity contribution in [2.45, 2.75) is 52.0 Å². The Morgan fingerprint density at radius 3 is 2.53 bits per heavy atom. The first-order chi connectivity index (χ1) is 16.2. The number of amides is 1. The van der Waals surface area contributed by atoms with Gasteiger partial charge in [-0.25, -0.2) is 0 Å². The molecule has 34 heavy (non-hydrogen) atoms. The number of halogens is 2. The van der Waals surface area contributed by atoms with Gasteiger partial charge in [0.15, 0.2) is 0 Å². The lowest BCUT2D eigenvalue weighted by atomic mass is 9.87. The summed E-state index contributed by atoms with van der Waals surface area (Å²) in [4.78, 5) is 15.9. The highest BCUT2D eigenvalue weighted by molar-refractivity contribution is 9.10. The van der Waals surface area contributed by atoms with Crippen molar-refractivity contribution in [1.29, 1.82) is 0 Å². The molecule has 0 saturated heterocycles. The first-order valence-corrected chi connectivity index (χ1v) is 13.1. The van der Waals surface area contributed by atoms with E-state index in [-0.39, 0.29) is 11.3 Å². The van der Waals surface area contributed by atoms with Crippen molar-refractivity contribution in [3.8, 4) is 0 Å². The van der Waals surface area contributed by atoms with Gasteiger partial charge in [-0.15, -0.1) is 0 Å². The lowest BCUT2D eigenvalue weighted by molar-refractivity contribution is 0.0746. The van der Waals surface area contributed by atoms with E-state index in [4.69, 9.17) is 11.6 Å². The number of benzene rings is 3. The molecule has 3 aromatic carbocycles. The third kappa shape index (κ3) is 6.03. The van der Waals surface area contributed by atoms with Crippen LogP contribution in [0.5, 0.6) is 0 Å². The topological polar surface area (TPSA) is 32.3 Å². The second-order valence-corrected chi connectivity index (χ2v) is 11.4. The maximum atomic E-state index is 13.9. The van der Waals surface area contributed by atoms with Gasteiger partial charge in [0, 0.05) is 29.1 Å². The van der Waals surface area contributed by atoms with Crippen molar-refractivity contribution in [2.24, 2.45) is 0 Å². The third-order valence-corrected chi connectivity index (χ3v) is 7.07. The minimum absolute atomic E-state index is 0.0499. The molecule has 0 spiro atoms. The van der Waals surface area contributed by atoms with E-state index < -0.39 is 0 Å². The highest BCUT2D eigenvalue weighted by Crippen LogP contribution is 2.31. The fraction of sp³-hybridized carbons (Fsp3) is 0.345. The van der Waals surface area contributed by atoms with Crippen molar-refractivity contribution in [3.63, 3.8) is 0 Å². The number of hydrogen-bond donors (Lipinski definition) is 1. The van der Waals surface area contributed by atoms with E-state index in [1.807, 2.05) is 29.2 Å². The van der Waals surface area contributed by atoms with E-state index in [2.05, 4.69) is 78.4 Å². The molecular weight excluding hydrogens is 508 g/mol. The van der Waals surface area contributed by atoms with Crippen LogP contribution in [0.3, 0.4) is 0 Å². The van der Waals surface area contributed by atoms with Gasteiger partial charge < -0.3 is 10.2 Å². The average molecular weight is 540 g/mol. The first kappa shape index (κ1) is 24.8. The van der Waals surface area contributed by atoms with E-state index >= 15 is 0 Å². The van der Waals surface area contributed by atoms with Gasteiger partial charge in [-0.05, 0) is 71.2 Å². The average Bonchev–Trinajstić information content (AvgIpc) is 2.80. The second kappa shape index (κ2) is 10.5. The number of carbonyl (C=O) groups excluding carboxylic acids is 1. The SMILES string of the molecule is CC(C)(C)c1ccc(CN(CCc2cccc(Cl)c2)C(=O)c2cc(Br)cc3c2NCCC3)cc1. The monoisotopic (exact) mass is 538 g/mol. The summed E-state index contributed by atoms with van der Waals surface area (Å²) in [5, 5.41) is 4.20. The fourth-order valence-electron chi connectivity index (χ4n) is 4.44. The quantitative estimate of drug-likeness (QED) is 0.349. The maximum Gasteiger partial charge on any atom is 0.256 e. The van der Waals surface area contributed by atoms with Crippen LogP contribution in [0.15, 0.2) is 65.1 Å². The zero-order valence-electron chi connectivity index (χ0n) is 20.1. The van der Waals surface area contributed by atoms with E-state index in [1.54, 1.807) is 0 Å². The van der Waals surface area contributed by atoms with Crippen LogP contribution >= 0.6 is 27.5 Å². The Hall–Kier alpha value is -2.30. The molecule has 0 saturated carbocycles. The Labute approximate surface area is 216 Å².